The average Bonchev–Trinajstić information content (AvgIpc) is 2.18. The Hall–Kier alpha value is -1.26. The summed E-state index contributed by atoms with van der Waals surface area (Å²) in [5.74, 6) is 0. The number of pyridine rings is 1. The molecule has 1 unspecified atom stereocenters. The van der Waals surface area contributed by atoms with Gasteiger partial charge in [-0.05, 0) is 11.6 Å². The maximum Gasteiger partial charge on any atom is 0.168 e. The number of carbonyl (C=O) groups is 1. The van der Waals surface area contributed by atoms with Crippen LogP contribution in [0.3, 0.4) is 0 Å². The molecule has 0 fully saturated rings. The van der Waals surface area contributed by atoms with E-state index < -0.39 is 6.10 Å². The molecule has 0 amide bonds. The molecule has 1 aromatic rings. The number of rotatable bonds is 4. The van der Waals surface area contributed by atoms with Gasteiger partial charge in [0.15, 0.2) is 6.29 Å². The fourth-order valence-electron chi connectivity index (χ4n) is 1.05. The van der Waals surface area contributed by atoms with E-state index in [0.717, 1.165) is 0 Å². The highest BCUT2D eigenvalue weighted by atomic mass is 16.3. The van der Waals surface area contributed by atoms with E-state index in [1.807, 2.05) is 0 Å². The van der Waals surface area contributed by atoms with Crippen LogP contribution in [0, 0.1) is 0 Å². The number of hydrogen-bond donors (Lipinski definition) is 2. The van der Waals surface area contributed by atoms with Crippen LogP contribution in [0.25, 0.3) is 0 Å². The molecule has 0 spiro atoms. The lowest BCUT2D eigenvalue weighted by Gasteiger charge is -2.07. The van der Waals surface area contributed by atoms with Crippen molar-refractivity contribution in [3.05, 3.63) is 29.6 Å². The van der Waals surface area contributed by atoms with Gasteiger partial charge < -0.3 is 10.2 Å². The van der Waals surface area contributed by atoms with Crippen molar-refractivity contribution in [2.24, 2.45) is 0 Å². The predicted octanol–water partition coefficient (Wildman–Crippen LogP) is -0.210. The van der Waals surface area contributed by atoms with E-state index in [9.17, 15) is 4.79 Å². The van der Waals surface area contributed by atoms with Crippen molar-refractivity contribution >= 4 is 6.29 Å². The lowest BCUT2D eigenvalue weighted by Crippen LogP contribution is -2.16. The minimum atomic E-state index is -0.831. The quantitative estimate of drug-likeness (QED) is 0.630. The summed E-state index contributed by atoms with van der Waals surface area (Å²) in [5, 5.41) is 17.7. The van der Waals surface area contributed by atoms with Crippen molar-refractivity contribution < 1.29 is 15.0 Å². The first-order valence-electron chi connectivity index (χ1n) is 3.96. The van der Waals surface area contributed by atoms with Crippen molar-refractivity contribution in [3.8, 4) is 0 Å². The Balaban J connectivity index is 2.80. The number of aldehydes is 1. The molecule has 0 aromatic carbocycles. The Labute approximate surface area is 75.9 Å². The van der Waals surface area contributed by atoms with Crippen LogP contribution in [0.4, 0.5) is 0 Å². The van der Waals surface area contributed by atoms with Gasteiger partial charge in [0.2, 0.25) is 0 Å². The maximum absolute atomic E-state index is 10.5. The van der Waals surface area contributed by atoms with Crippen molar-refractivity contribution in [1.82, 2.24) is 4.98 Å². The Morgan fingerprint density at radius 2 is 2.38 bits per heavy atom. The van der Waals surface area contributed by atoms with E-state index in [0.29, 0.717) is 17.5 Å². The van der Waals surface area contributed by atoms with Crippen LogP contribution in [0.15, 0.2) is 18.3 Å². The molecule has 70 valence electrons. The normalized spacial score (nSPS) is 12.5. The number of aliphatic hydroxyl groups is 2. The number of aliphatic hydroxyl groups excluding tert-OH is 2. The highest BCUT2D eigenvalue weighted by molar-refractivity contribution is 5.74. The predicted molar refractivity (Wildman–Crippen MR) is 46.4 cm³/mol. The Morgan fingerprint density at radius 1 is 1.62 bits per heavy atom. The first-order valence-corrected chi connectivity index (χ1v) is 3.96. The SMILES string of the molecule is O=Cc1ncccc1CC(O)CO. The van der Waals surface area contributed by atoms with Gasteiger partial charge in [-0.2, -0.15) is 0 Å². The van der Waals surface area contributed by atoms with E-state index in [1.165, 1.54) is 6.20 Å². The van der Waals surface area contributed by atoms with Gasteiger partial charge in [-0.15, -0.1) is 0 Å². The third-order valence-electron chi connectivity index (χ3n) is 1.70. The molecule has 4 nitrogen and oxygen atoms in total. The van der Waals surface area contributed by atoms with Crippen LogP contribution >= 0.6 is 0 Å². The van der Waals surface area contributed by atoms with Gasteiger partial charge in [0.05, 0.1) is 12.7 Å². The molecular formula is C9H11NO3. The Kier molecular flexibility index (Phi) is 3.54. The third kappa shape index (κ3) is 2.61. The van der Waals surface area contributed by atoms with Gasteiger partial charge in [0, 0.05) is 12.6 Å². The fraction of sp³-hybridized carbons (Fsp3) is 0.333. The molecule has 0 saturated heterocycles. The summed E-state index contributed by atoms with van der Waals surface area (Å²) in [5.41, 5.74) is 0.967. The van der Waals surface area contributed by atoms with E-state index in [2.05, 4.69) is 4.98 Å². The van der Waals surface area contributed by atoms with Crippen LogP contribution in [0.2, 0.25) is 0 Å². The molecule has 0 bridgehead atoms. The van der Waals surface area contributed by atoms with Gasteiger partial charge >= 0.3 is 0 Å². The van der Waals surface area contributed by atoms with Crippen LogP contribution in [-0.2, 0) is 6.42 Å². The zero-order chi connectivity index (χ0) is 9.68. The van der Waals surface area contributed by atoms with Crippen molar-refractivity contribution in [2.75, 3.05) is 6.61 Å². The molecule has 0 saturated carbocycles. The molecule has 0 radical (unpaired) electrons. The number of carbonyl (C=O) groups excluding carboxylic acids is 1. The van der Waals surface area contributed by atoms with E-state index >= 15 is 0 Å². The van der Waals surface area contributed by atoms with Crippen molar-refractivity contribution in [2.45, 2.75) is 12.5 Å². The highest BCUT2D eigenvalue weighted by Gasteiger charge is 2.07. The molecule has 1 atom stereocenters. The Morgan fingerprint density at radius 3 is 3.00 bits per heavy atom. The molecule has 1 aromatic heterocycles. The highest BCUT2D eigenvalue weighted by Crippen LogP contribution is 2.05. The van der Waals surface area contributed by atoms with Crippen LogP contribution < -0.4 is 0 Å². The molecule has 1 heterocycles. The van der Waals surface area contributed by atoms with E-state index in [-0.39, 0.29) is 13.0 Å². The summed E-state index contributed by atoms with van der Waals surface area (Å²) < 4.78 is 0. The summed E-state index contributed by atoms with van der Waals surface area (Å²) in [6, 6.07) is 3.39. The number of nitrogens with zero attached hydrogens (tertiary/aromatic N) is 1. The van der Waals surface area contributed by atoms with E-state index in [1.54, 1.807) is 12.1 Å². The smallest absolute Gasteiger partial charge is 0.168 e. The lowest BCUT2D eigenvalue weighted by atomic mass is 10.1. The third-order valence-corrected chi connectivity index (χ3v) is 1.70. The molecule has 13 heavy (non-hydrogen) atoms. The van der Waals surface area contributed by atoms with Crippen LogP contribution in [-0.4, -0.2) is 34.2 Å². The fourth-order valence-corrected chi connectivity index (χ4v) is 1.05. The largest absolute Gasteiger partial charge is 0.394 e. The van der Waals surface area contributed by atoms with Crippen molar-refractivity contribution in [1.29, 1.82) is 0 Å². The second kappa shape index (κ2) is 4.69. The summed E-state index contributed by atoms with van der Waals surface area (Å²) in [4.78, 5) is 14.3. The molecule has 4 heteroatoms. The standard InChI is InChI=1S/C9H11NO3/c11-5-8(13)4-7-2-1-3-10-9(7)6-12/h1-3,6,8,11,13H,4-5H2. The summed E-state index contributed by atoms with van der Waals surface area (Å²) in [6.07, 6.45) is 1.57. The average molecular weight is 181 g/mol. The van der Waals surface area contributed by atoms with Gasteiger partial charge in [-0.25, -0.2) is 0 Å². The first-order chi connectivity index (χ1) is 6.27. The molecular weight excluding hydrogens is 170 g/mol. The molecule has 0 aliphatic heterocycles. The van der Waals surface area contributed by atoms with Crippen molar-refractivity contribution in [3.63, 3.8) is 0 Å². The topological polar surface area (TPSA) is 70.4 Å². The lowest BCUT2D eigenvalue weighted by molar-refractivity contribution is 0.0949. The minimum absolute atomic E-state index is 0.248. The first kappa shape index (κ1) is 9.83. The number of aromatic nitrogens is 1. The van der Waals surface area contributed by atoms with E-state index in [4.69, 9.17) is 10.2 Å². The minimum Gasteiger partial charge on any atom is -0.394 e. The van der Waals surface area contributed by atoms with Gasteiger partial charge in [-0.1, -0.05) is 6.07 Å². The van der Waals surface area contributed by atoms with Crippen LogP contribution in [0.5, 0.6) is 0 Å². The van der Waals surface area contributed by atoms with Gasteiger partial charge in [-0.3, -0.25) is 9.78 Å². The zero-order valence-corrected chi connectivity index (χ0v) is 7.05. The van der Waals surface area contributed by atoms with Gasteiger partial charge in [0.1, 0.15) is 5.69 Å². The molecule has 0 aliphatic rings. The second-order valence-corrected chi connectivity index (χ2v) is 2.71. The summed E-state index contributed by atoms with van der Waals surface area (Å²) >= 11 is 0. The molecule has 1 rings (SSSR count). The maximum atomic E-state index is 10.5. The zero-order valence-electron chi connectivity index (χ0n) is 7.05. The summed E-state index contributed by atoms with van der Waals surface area (Å²) in [7, 11) is 0. The van der Waals surface area contributed by atoms with Crippen LogP contribution in [0.1, 0.15) is 16.1 Å². The number of hydrogen-bond acceptors (Lipinski definition) is 4. The Bertz CT molecular complexity index is 288. The second-order valence-electron chi connectivity index (χ2n) is 2.71. The molecule has 0 aliphatic carbocycles. The summed E-state index contributed by atoms with van der Waals surface area (Å²) in [6.45, 7) is -0.312. The van der Waals surface area contributed by atoms with Gasteiger partial charge in [0.25, 0.3) is 0 Å². The molecule has 2 N–H and O–H groups in total. The monoisotopic (exact) mass is 181 g/mol.